The zero-order valence-electron chi connectivity index (χ0n) is 8.91. The molecule has 0 N–H and O–H groups in total. The maximum atomic E-state index is 3.50. The Morgan fingerprint density at radius 1 is 1.08 bits per heavy atom. The standard InChI is InChI=1S/C11H22S.BrH/c1-3-5-7-11(9-10-12)8-6-4-2;/h9,12H,3-8,10H2,1-2H3;1H. The van der Waals surface area contributed by atoms with E-state index in [0.717, 1.165) is 5.75 Å². The molecule has 0 aromatic rings. The molecule has 13 heavy (non-hydrogen) atoms. The van der Waals surface area contributed by atoms with Gasteiger partial charge < -0.3 is 17.0 Å². The molecular formula is C11H23BrS. The summed E-state index contributed by atoms with van der Waals surface area (Å²) in [6.07, 6.45) is 10.3. The van der Waals surface area contributed by atoms with Gasteiger partial charge in [0, 0.05) is 0 Å². The van der Waals surface area contributed by atoms with Gasteiger partial charge in [-0.25, -0.2) is 0 Å². The first kappa shape index (κ1) is 16.0. The van der Waals surface area contributed by atoms with Crippen molar-refractivity contribution in [3.8, 4) is 0 Å². The molecule has 0 aliphatic carbocycles. The van der Waals surface area contributed by atoms with E-state index in [9.17, 15) is 0 Å². The van der Waals surface area contributed by atoms with Crippen LogP contribution in [-0.2, 0) is 12.6 Å². The van der Waals surface area contributed by atoms with Crippen LogP contribution in [0.4, 0.5) is 0 Å². The van der Waals surface area contributed by atoms with E-state index >= 15 is 0 Å². The molecular weight excluding hydrogens is 244 g/mol. The van der Waals surface area contributed by atoms with E-state index in [1.807, 2.05) is 0 Å². The molecule has 0 amide bonds. The van der Waals surface area contributed by atoms with Gasteiger partial charge in [-0.2, -0.15) is 0 Å². The molecule has 0 aliphatic rings. The predicted octanol–water partition coefficient (Wildman–Crippen LogP) is 0.309. The molecule has 0 heterocycles. The summed E-state index contributed by atoms with van der Waals surface area (Å²) in [4.78, 5) is 0. The van der Waals surface area contributed by atoms with Gasteiger partial charge in [0.2, 0.25) is 0 Å². The largest absolute Gasteiger partial charge is 1.00 e. The maximum absolute atomic E-state index is 3.50. The Morgan fingerprint density at radius 2 is 1.54 bits per heavy atom. The fraction of sp³-hybridized carbons (Fsp3) is 0.818. The lowest BCUT2D eigenvalue weighted by Gasteiger charge is -2.04. The fourth-order valence-corrected chi connectivity index (χ4v) is 1.57. The number of rotatable bonds is 7. The molecule has 0 aromatic heterocycles. The predicted molar refractivity (Wildman–Crippen MR) is 62.2 cm³/mol. The average molecular weight is 267 g/mol. The van der Waals surface area contributed by atoms with E-state index in [-0.39, 0.29) is 17.0 Å². The fourth-order valence-electron chi connectivity index (χ4n) is 1.28. The van der Waals surface area contributed by atoms with Crippen molar-refractivity contribution in [3.63, 3.8) is 0 Å². The van der Waals surface area contributed by atoms with Crippen molar-refractivity contribution in [2.24, 2.45) is 0 Å². The lowest BCUT2D eigenvalue weighted by Crippen LogP contribution is -3.00. The topological polar surface area (TPSA) is 0 Å². The van der Waals surface area contributed by atoms with Crippen molar-refractivity contribution in [2.45, 2.75) is 52.4 Å². The summed E-state index contributed by atoms with van der Waals surface area (Å²) < 4.78 is 0. The number of hydrogen-bond acceptors (Lipinski definition) is 0. The molecule has 0 radical (unpaired) electrons. The van der Waals surface area contributed by atoms with Crippen LogP contribution in [0.3, 0.4) is 0 Å². The van der Waals surface area contributed by atoms with Crippen LogP contribution >= 0.6 is 0 Å². The Morgan fingerprint density at radius 3 is 1.85 bits per heavy atom. The third kappa shape index (κ3) is 10.5. The van der Waals surface area contributed by atoms with Gasteiger partial charge in [0.25, 0.3) is 0 Å². The van der Waals surface area contributed by atoms with Crippen LogP contribution in [0.2, 0.25) is 0 Å². The molecule has 0 unspecified atom stereocenters. The normalized spacial score (nSPS) is 9.15. The number of halogens is 1. The Kier molecular flexibility index (Phi) is 15.5. The minimum atomic E-state index is 0. The van der Waals surface area contributed by atoms with Crippen LogP contribution in [0.1, 0.15) is 52.4 Å². The molecule has 0 aliphatic heterocycles. The molecule has 0 fully saturated rings. The lowest BCUT2D eigenvalue weighted by atomic mass is 10.0. The van der Waals surface area contributed by atoms with Crippen molar-refractivity contribution >= 4 is 12.6 Å². The summed E-state index contributed by atoms with van der Waals surface area (Å²) in [6.45, 7) is 4.51. The average Bonchev–Trinajstić information content (AvgIpc) is 2.10. The smallest absolute Gasteiger partial charge is 0.122 e. The van der Waals surface area contributed by atoms with Gasteiger partial charge in [0.05, 0.1) is 0 Å². The molecule has 0 saturated carbocycles. The molecule has 0 aromatic carbocycles. The second kappa shape index (κ2) is 12.6. The van der Waals surface area contributed by atoms with E-state index in [2.05, 4.69) is 32.6 Å². The third-order valence-corrected chi connectivity index (χ3v) is 2.30. The van der Waals surface area contributed by atoms with Gasteiger partial charge in [-0.3, -0.25) is 0 Å². The summed E-state index contributed by atoms with van der Waals surface area (Å²) in [5.74, 6) is 1.02. The van der Waals surface area contributed by atoms with Crippen molar-refractivity contribution in [3.05, 3.63) is 11.6 Å². The lowest BCUT2D eigenvalue weighted by molar-refractivity contribution is -0.00000264. The van der Waals surface area contributed by atoms with E-state index in [1.54, 1.807) is 5.57 Å². The highest BCUT2D eigenvalue weighted by Crippen LogP contribution is 2.14. The molecule has 80 valence electrons. The third-order valence-electron chi connectivity index (χ3n) is 2.09. The molecule has 0 nitrogen and oxygen atoms in total. The van der Waals surface area contributed by atoms with Gasteiger partial charge in [-0.15, -0.1) is 0 Å². The summed E-state index contributed by atoms with van der Waals surface area (Å²) >= 11 is 3.50. The molecule has 2 heteroatoms. The van der Waals surface area contributed by atoms with Gasteiger partial charge in [-0.05, 0) is 44.4 Å². The summed E-state index contributed by atoms with van der Waals surface area (Å²) in [5.41, 5.74) is 1.65. The van der Waals surface area contributed by atoms with Crippen LogP contribution in [0.5, 0.6) is 0 Å². The number of hydrogen-bond donors (Lipinski definition) is 0. The van der Waals surface area contributed by atoms with Crippen LogP contribution < -0.4 is 17.0 Å². The Hall–Kier alpha value is 0.570. The summed E-state index contributed by atoms with van der Waals surface area (Å²) in [7, 11) is 0. The highest BCUT2D eigenvalue weighted by molar-refractivity contribution is 7.58. The minimum absolute atomic E-state index is 0. The van der Waals surface area contributed by atoms with Gasteiger partial charge in [-0.1, -0.05) is 32.3 Å². The highest BCUT2D eigenvalue weighted by atomic mass is 79.9. The highest BCUT2D eigenvalue weighted by Gasteiger charge is 1.96. The zero-order chi connectivity index (χ0) is 9.23. The first-order valence-corrected chi connectivity index (χ1v) is 5.88. The van der Waals surface area contributed by atoms with Crippen LogP contribution in [0.25, 0.3) is 0 Å². The van der Waals surface area contributed by atoms with Crippen LogP contribution in [-0.4, -0.2) is 5.75 Å². The van der Waals surface area contributed by atoms with Crippen molar-refractivity contribution in [2.75, 3.05) is 5.75 Å². The molecule has 0 atom stereocenters. The second-order valence-corrected chi connectivity index (χ2v) is 3.68. The zero-order valence-corrected chi connectivity index (χ0v) is 11.5. The molecule has 0 saturated heterocycles. The van der Waals surface area contributed by atoms with Gasteiger partial charge >= 0.3 is 0 Å². The Bertz CT molecular complexity index is 111. The minimum Gasteiger partial charge on any atom is -1.00 e. The van der Waals surface area contributed by atoms with Crippen molar-refractivity contribution in [1.82, 2.24) is 0 Å². The SMILES string of the molecule is CCCCC(=CC[SH2+])CCCC.[Br-]. The quantitative estimate of drug-likeness (QED) is 0.460. The second-order valence-electron chi connectivity index (χ2n) is 3.27. The Balaban J connectivity index is 0. The van der Waals surface area contributed by atoms with Crippen LogP contribution in [0.15, 0.2) is 11.6 Å². The van der Waals surface area contributed by atoms with Crippen LogP contribution in [0, 0.1) is 0 Å². The van der Waals surface area contributed by atoms with E-state index in [4.69, 9.17) is 0 Å². The van der Waals surface area contributed by atoms with Gasteiger partial charge in [0.15, 0.2) is 0 Å². The molecule has 0 rings (SSSR count). The first-order chi connectivity index (χ1) is 5.85. The number of allylic oxidation sites excluding steroid dienone is 1. The first-order valence-electron chi connectivity index (χ1n) is 5.17. The van der Waals surface area contributed by atoms with Crippen molar-refractivity contribution in [1.29, 1.82) is 0 Å². The Labute approximate surface area is 99.4 Å². The monoisotopic (exact) mass is 266 g/mol. The number of unbranched alkanes of at least 4 members (excludes halogenated alkanes) is 2. The van der Waals surface area contributed by atoms with E-state index < -0.39 is 0 Å². The molecule has 0 bridgehead atoms. The van der Waals surface area contributed by atoms with E-state index in [1.165, 1.54) is 38.5 Å². The van der Waals surface area contributed by atoms with E-state index in [0.29, 0.717) is 0 Å². The maximum Gasteiger partial charge on any atom is 0.122 e. The summed E-state index contributed by atoms with van der Waals surface area (Å²) in [5, 5.41) is 0. The van der Waals surface area contributed by atoms with Crippen molar-refractivity contribution < 1.29 is 17.0 Å². The summed E-state index contributed by atoms with van der Waals surface area (Å²) in [6, 6.07) is 0. The van der Waals surface area contributed by atoms with Gasteiger partial charge in [0.1, 0.15) is 5.75 Å². The molecule has 0 spiro atoms.